The summed E-state index contributed by atoms with van der Waals surface area (Å²) in [4.78, 5) is 25.9. The maximum atomic E-state index is 12.8. The van der Waals surface area contributed by atoms with E-state index in [0.29, 0.717) is 38.6 Å². The second-order valence-electron chi connectivity index (χ2n) is 9.11. The number of piperidine rings is 1. The molecule has 3 aliphatic rings. The molecular weight excluding hydrogens is 406 g/mol. The maximum absolute atomic E-state index is 12.8. The van der Waals surface area contributed by atoms with Crippen LogP contribution in [-0.2, 0) is 14.3 Å². The first kappa shape index (κ1) is 21.0. The van der Waals surface area contributed by atoms with E-state index in [0.717, 1.165) is 19.3 Å². The monoisotopic (exact) mass is 435 g/mol. The summed E-state index contributed by atoms with van der Waals surface area (Å²) in [5.41, 5.74) is 4.87. The predicted molar refractivity (Wildman–Crippen MR) is 119 cm³/mol. The Hall–Kier alpha value is -2.86. The fraction of sp³-hybridized carbons (Fsp3) is 0.462. The first-order valence-corrected chi connectivity index (χ1v) is 11.6. The van der Waals surface area contributed by atoms with Gasteiger partial charge in [0, 0.05) is 25.6 Å². The summed E-state index contributed by atoms with van der Waals surface area (Å²) >= 11 is 0. The van der Waals surface area contributed by atoms with Gasteiger partial charge >= 0.3 is 12.1 Å². The number of hydrogen-bond acceptors (Lipinski definition) is 4. The van der Waals surface area contributed by atoms with Crippen molar-refractivity contribution in [2.45, 2.75) is 37.7 Å². The zero-order chi connectivity index (χ0) is 22.1. The zero-order valence-electron chi connectivity index (χ0n) is 18.1. The minimum absolute atomic E-state index is 0.0661. The lowest BCUT2D eigenvalue weighted by Crippen LogP contribution is -2.40. The lowest BCUT2D eigenvalue weighted by Gasteiger charge is -2.33. The van der Waals surface area contributed by atoms with Crippen LogP contribution in [0.2, 0.25) is 0 Å². The number of carboxylic acids is 1. The number of carboxylic acid groups (broad SMARTS) is 1. The molecule has 2 saturated heterocycles. The Morgan fingerprint density at radius 3 is 2.22 bits per heavy atom. The SMILES string of the molecule is O=C(O)[C@H]1CCO[C@H]1CC1CCN(C(=O)OCC2c3ccccc3-c3ccccc32)CC1. The van der Waals surface area contributed by atoms with Crippen molar-refractivity contribution in [2.75, 3.05) is 26.3 Å². The zero-order valence-corrected chi connectivity index (χ0v) is 18.1. The topological polar surface area (TPSA) is 76.1 Å². The molecule has 2 aromatic rings. The molecule has 2 heterocycles. The Kier molecular flexibility index (Phi) is 5.87. The van der Waals surface area contributed by atoms with E-state index in [2.05, 4.69) is 24.3 Å². The number of likely N-dealkylation sites (tertiary alicyclic amines) is 1. The molecule has 2 aliphatic heterocycles. The van der Waals surface area contributed by atoms with Crippen molar-refractivity contribution in [3.63, 3.8) is 0 Å². The molecule has 5 rings (SSSR count). The van der Waals surface area contributed by atoms with E-state index < -0.39 is 11.9 Å². The van der Waals surface area contributed by atoms with Gasteiger partial charge < -0.3 is 19.5 Å². The van der Waals surface area contributed by atoms with Crippen LogP contribution >= 0.6 is 0 Å². The first-order chi connectivity index (χ1) is 15.6. The molecule has 0 bridgehead atoms. The molecule has 0 aromatic heterocycles. The van der Waals surface area contributed by atoms with E-state index in [9.17, 15) is 14.7 Å². The van der Waals surface area contributed by atoms with Gasteiger partial charge in [0.2, 0.25) is 0 Å². The van der Waals surface area contributed by atoms with E-state index in [4.69, 9.17) is 9.47 Å². The van der Waals surface area contributed by atoms with Gasteiger partial charge in [-0.3, -0.25) is 4.79 Å². The molecule has 2 aromatic carbocycles. The molecular formula is C26H29NO5. The Morgan fingerprint density at radius 2 is 1.59 bits per heavy atom. The Labute approximate surface area is 188 Å². The fourth-order valence-corrected chi connectivity index (χ4v) is 5.53. The number of hydrogen-bond donors (Lipinski definition) is 1. The molecule has 2 fully saturated rings. The van der Waals surface area contributed by atoms with Gasteiger partial charge in [0.15, 0.2) is 0 Å². The van der Waals surface area contributed by atoms with Crippen LogP contribution in [0.3, 0.4) is 0 Å². The first-order valence-electron chi connectivity index (χ1n) is 11.6. The number of rotatable bonds is 5. The molecule has 1 amide bonds. The number of amides is 1. The lowest BCUT2D eigenvalue weighted by atomic mass is 9.87. The van der Waals surface area contributed by atoms with Gasteiger partial charge in [0.05, 0.1) is 12.0 Å². The molecule has 0 spiro atoms. The average molecular weight is 436 g/mol. The van der Waals surface area contributed by atoms with Crippen LogP contribution in [0.1, 0.15) is 42.7 Å². The van der Waals surface area contributed by atoms with Crippen LogP contribution in [0.15, 0.2) is 48.5 Å². The molecule has 0 unspecified atom stereocenters. The van der Waals surface area contributed by atoms with Gasteiger partial charge in [0.25, 0.3) is 0 Å². The Balaban J connectivity index is 1.15. The summed E-state index contributed by atoms with van der Waals surface area (Å²) < 4.78 is 11.5. The highest BCUT2D eigenvalue weighted by Crippen LogP contribution is 2.44. The highest BCUT2D eigenvalue weighted by molar-refractivity contribution is 5.79. The lowest BCUT2D eigenvalue weighted by molar-refractivity contribution is -0.143. The number of carbonyl (C=O) groups excluding carboxylic acids is 1. The van der Waals surface area contributed by atoms with Gasteiger partial charge in [-0.1, -0.05) is 48.5 Å². The van der Waals surface area contributed by atoms with Gasteiger partial charge in [-0.25, -0.2) is 4.79 Å². The standard InChI is InChI=1S/C26H29NO5/c28-25(29)22-11-14-31-24(22)15-17-9-12-27(13-10-17)26(30)32-16-23-20-7-3-1-5-18(20)19-6-2-4-8-21(19)23/h1-8,17,22-24H,9-16H2,(H,28,29)/t22-,24-/m0/s1. The second-order valence-corrected chi connectivity index (χ2v) is 9.11. The summed E-state index contributed by atoms with van der Waals surface area (Å²) in [6.07, 6.45) is 2.62. The van der Waals surface area contributed by atoms with E-state index >= 15 is 0 Å². The highest BCUT2D eigenvalue weighted by Gasteiger charge is 2.37. The number of carbonyl (C=O) groups is 2. The molecule has 1 aliphatic carbocycles. The van der Waals surface area contributed by atoms with Crippen molar-refractivity contribution < 1.29 is 24.2 Å². The third-order valence-corrected chi connectivity index (χ3v) is 7.30. The van der Waals surface area contributed by atoms with Crippen LogP contribution in [0.25, 0.3) is 11.1 Å². The Bertz CT molecular complexity index is 952. The van der Waals surface area contributed by atoms with Crippen molar-refractivity contribution >= 4 is 12.1 Å². The summed E-state index contributed by atoms with van der Waals surface area (Å²) in [6.45, 7) is 2.15. The summed E-state index contributed by atoms with van der Waals surface area (Å²) in [5, 5.41) is 9.35. The fourth-order valence-electron chi connectivity index (χ4n) is 5.53. The van der Waals surface area contributed by atoms with Crippen LogP contribution < -0.4 is 0 Å². The van der Waals surface area contributed by atoms with E-state index in [1.54, 1.807) is 4.90 Å². The third kappa shape index (κ3) is 3.99. The van der Waals surface area contributed by atoms with Crippen LogP contribution in [0, 0.1) is 11.8 Å². The van der Waals surface area contributed by atoms with Crippen molar-refractivity contribution in [1.29, 1.82) is 0 Å². The molecule has 6 nitrogen and oxygen atoms in total. The van der Waals surface area contributed by atoms with E-state index in [-0.39, 0.29) is 18.1 Å². The largest absolute Gasteiger partial charge is 0.481 e. The Morgan fingerprint density at radius 1 is 0.969 bits per heavy atom. The average Bonchev–Trinajstić information content (AvgIpc) is 3.41. The molecule has 1 N–H and O–H groups in total. The number of aliphatic carboxylic acids is 1. The minimum Gasteiger partial charge on any atom is -0.481 e. The van der Waals surface area contributed by atoms with Crippen molar-refractivity contribution in [3.8, 4) is 11.1 Å². The van der Waals surface area contributed by atoms with Crippen LogP contribution in [0.4, 0.5) is 4.79 Å². The molecule has 0 saturated carbocycles. The van der Waals surface area contributed by atoms with Gasteiger partial charge in [-0.15, -0.1) is 0 Å². The smallest absolute Gasteiger partial charge is 0.409 e. The van der Waals surface area contributed by atoms with E-state index in [1.807, 2.05) is 24.3 Å². The van der Waals surface area contributed by atoms with Gasteiger partial charge in [-0.05, 0) is 53.9 Å². The highest BCUT2D eigenvalue weighted by atomic mass is 16.6. The van der Waals surface area contributed by atoms with Crippen molar-refractivity contribution in [3.05, 3.63) is 59.7 Å². The van der Waals surface area contributed by atoms with Gasteiger partial charge in [0.1, 0.15) is 6.61 Å². The molecule has 6 heteroatoms. The number of ether oxygens (including phenoxy) is 2. The normalized spacial score (nSPS) is 23.1. The summed E-state index contributed by atoms with van der Waals surface area (Å²) in [6, 6.07) is 16.7. The quantitative estimate of drug-likeness (QED) is 0.747. The number of benzene rings is 2. The molecule has 2 atom stereocenters. The summed E-state index contributed by atoms with van der Waals surface area (Å²) in [5.74, 6) is -0.701. The van der Waals surface area contributed by atoms with Crippen LogP contribution in [-0.4, -0.2) is 54.5 Å². The molecule has 0 radical (unpaired) electrons. The van der Waals surface area contributed by atoms with Crippen molar-refractivity contribution in [1.82, 2.24) is 4.90 Å². The molecule has 168 valence electrons. The third-order valence-electron chi connectivity index (χ3n) is 7.30. The van der Waals surface area contributed by atoms with E-state index in [1.165, 1.54) is 22.3 Å². The van der Waals surface area contributed by atoms with Gasteiger partial charge in [-0.2, -0.15) is 0 Å². The van der Waals surface area contributed by atoms with Crippen molar-refractivity contribution in [2.24, 2.45) is 11.8 Å². The second kappa shape index (κ2) is 8.94. The number of nitrogens with zero attached hydrogens (tertiary/aromatic N) is 1. The molecule has 32 heavy (non-hydrogen) atoms. The summed E-state index contributed by atoms with van der Waals surface area (Å²) in [7, 11) is 0. The number of fused-ring (bicyclic) bond motifs is 3. The minimum atomic E-state index is -0.761. The van der Waals surface area contributed by atoms with Crippen LogP contribution in [0.5, 0.6) is 0 Å². The maximum Gasteiger partial charge on any atom is 0.409 e. The predicted octanol–water partition coefficient (Wildman–Crippen LogP) is 4.53.